The Morgan fingerprint density at radius 1 is 1.03 bits per heavy atom. The van der Waals surface area contributed by atoms with Crippen molar-refractivity contribution in [2.24, 2.45) is 0 Å². The van der Waals surface area contributed by atoms with E-state index >= 15 is 0 Å². The van der Waals surface area contributed by atoms with Gasteiger partial charge in [0.05, 0.1) is 19.7 Å². The molecule has 3 rings (SSSR count). The van der Waals surface area contributed by atoms with Crippen LogP contribution in [0.1, 0.15) is 35.4 Å². The van der Waals surface area contributed by atoms with E-state index in [0.29, 0.717) is 12.2 Å². The number of nitrogens with zero attached hydrogens (tertiary/aromatic N) is 2. The summed E-state index contributed by atoms with van der Waals surface area (Å²) in [7, 11) is 1.61. The number of benzene rings is 2. The summed E-state index contributed by atoms with van der Waals surface area (Å²) in [6.07, 6.45) is 0.711. The fourth-order valence-corrected chi connectivity index (χ4v) is 2.99. The highest BCUT2D eigenvalue weighted by Crippen LogP contribution is 2.20. The first kappa shape index (κ1) is 21.1. The lowest BCUT2D eigenvalue weighted by Crippen LogP contribution is -2.32. The van der Waals surface area contributed by atoms with Crippen LogP contribution in [0.3, 0.4) is 0 Å². The first-order valence-electron chi connectivity index (χ1n) is 9.81. The zero-order valence-electron chi connectivity index (χ0n) is 17.1. The Labute approximate surface area is 175 Å². The van der Waals surface area contributed by atoms with Crippen molar-refractivity contribution in [3.8, 4) is 11.5 Å². The Bertz CT molecular complexity index is 1020. The Morgan fingerprint density at radius 2 is 1.77 bits per heavy atom. The highest BCUT2D eigenvalue weighted by Gasteiger charge is 2.16. The van der Waals surface area contributed by atoms with Crippen molar-refractivity contribution in [3.63, 3.8) is 0 Å². The molecule has 1 heterocycles. The number of aromatic nitrogens is 2. The van der Waals surface area contributed by atoms with Gasteiger partial charge in [0, 0.05) is 6.07 Å². The van der Waals surface area contributed by atoms with E-state index in [0.717, 1.165) is 11.3 Å². The minimum absolute atomic E-state index is 0.174. The van der Waals surface area contributed by atoms with Crippen LogP contribution in [0.2, 0.25) is 0 Å². The van der Waals surface area contributed by atoms with E-state index in [1.165, 1.54) is 16.8 Å². The Hall–Kier alpha value is -3.61. The molecule has 1 atom stereocenters. The molecular formula is C23H25N3O4. The Morgan fingerprint density at radius 3 is 2.43 bits per heavy atom. The summed E-state index contributed by atoms with van der Waals surface area (Å²) in [5.74, 6) is 1.13. The van der Waals surface area contributed by atoms with E-state index in [9.17, 15) is 9.59 Å². The van der Waals surface area contributed by atoms with Gasteiger partial charge in [-0.25, -0.2) is 4.68 Å². The number of carbonyl (C=O) groups is 1. The van der Waals surface area contributed by atoms with Crippen molar-refractivity contribution < 1.29 is 14.3 Å². The molecule has 7 nitrogen and oxygen atoms in total. The van der Waals surface area contributed by atoms with Gasteiger partial charge in [0.1, 0.15) is 23.8 Å². The minimum atomic E-state index is -0.338. The summed E-state index contributed by atoms with van der Waals surface area (Å²) in [5, 5.41) is 7.18. The van der Waals surface area contributed by atoms with Crippen LogP contribution in [0.25, 0.3) is 0 Å². The molecule has 0 aliphatic rings. The Kier molecular flexibility index (Phi) is 7.21. The van der Waals surface area contributed by atoms with Crippen molar-refractivity contribution in [2.45, 2.75) is 25.9 Å². The summed E-state index contributed by atoms with van der Waals surface area (Å²) in [6, 6.07) is 19.5. The molecule has 156 valence electrons. The van der Waals surface area contributed by atoms with Gasteiger partial charge in [-0.1, -0.05) is 37.3 Å². The van der Waals surface area contributed by atoms with Crippen LogP contribution < -0.4 is 20.3 Å². The number of rotatable bonds is 9. The minimum Gasteiger partial charge on any atom is -0.497 e. The molecule has 30 heavy (non-hydrogen) atoms. The summed E-state index contributed by atoms with van der Waals surface area (Å²) in [5.41, 5.74) is 0.864. The lowest BCUT2D eigenvalue weighted by Gasteiger charge is -2.18. The van der Waals surface area contributed by atoms with Crippen LogP contribution >= 0.6 is 0 Å². The third-order valence-corrected chi connectivity index (χ3v) is 4.65. The largest absolute Gasteiger partial charge is 0.497 e. The molecule has 1 amide bonds. The molecule has 1 unspecified atom stereocenters. The maximum atomic E-state index is 12.7. The summed E-state index contributed by atoms with van der Waals surface area (Å²) in [4.78, 5) is 24.8. The van der Waals surface area contributed by atoms with Crippen LogP contribution in [0.4, 0.5) is 0 Å². The highest BCUT2D eigenvalue weighted by molar-refractivity contribution is 5.92. The van der Waals surface area contributed by atoms with Crippen LogP contribution in [0.15, 0.2) is 71.5 Å². The molecule has 2 aromatic carbocycles. The van der Waals surface area contributed by atoms with Crippen LogP contribution in [0.5, 0.6) is 11.5 Å². The van der Waals surface area contributed by atoms with Gasteiger partial charge >= 0.3 is 0 Å². The van der Waals surface area contributed by atoms with Gasteiger partial charge in [-0.3, -0.25) is 9.59 Å². The maximum Gasteiger partial charge on any atom is 0.272 e. The summed E-state index contributed by atoms with van der Waals surface area (Å²) < 4.78 is 12.0. The van der Waals surface area contributed by atoms with Crippen molar-refractivity contribution in [1.29, 1.82) is 0 Å². The average Bonchev–Trinajstić information content (AvgIpc) is 2.79. The zero-order valence-corrected chi connectivity index (χ0v) is 17.1. The van der Waals surface area contributed by atoms with E-state index in [-0.39, 0.29) is 36.4 Å². The predicted molar refractivity (Wildman–Crippen MR) is 114 cm³/mol. The van der Waals surface area contributed by atoms with E-state index in [2.05, 4.69) is 10.4 Å². The van der Waals surface area contributed by atoms with Gasteiger partial charge in [0.15, 0.2) is 0 Å². The topological polar surface area (TPSA) is 82.5 Å². The molecule has 0 fully saturated rings. The number of hydrogen-bond acceptors (Lipinski definition) is 5. The molecule has 3 aromatic rings. The van der Waals surface area contributed by atoms with Gasteiger partial charge in [-0.05, 0) is 42.3 Å². The van der Waals surface area contributed by atoms with Gasteiger partial charge in [-0.2, -0.15) is 5.10 Å². The lowest BCUT2D eigenvalue weighted by molar-refractivity contribution is 0.0927. The predicted octanol–water partition coefficient (Wildman–Crippen LogP) is 3.21. The van der Waals surface area contributed by atoms with Crippen molar-refractivity contribution in [2.75, 3.05) is 13.7 Å². The monoisotopic (exact) mass is 407 g/mol. The summed E-state index contributed by atoms with van der Waals surface area (Å²) >= 11 is 0. The van der Waals surface area contributed by atoms with E-state index in [4.69, 9.17) is 9.47 Å². The van der Waals surface area contributed by atoms with Crippen molar-refractivity contribution in [3.05, 3.63) is 88.3 Å². The van der Waals surface area contributed by atoms with Crippen molar-refractivity contribution in [1.82, 2.24) is 15.1 Å². The average molecular weight is 407 g/mol. The SMILES string of the molecule is CCC(NC(=O)c1ccc(=O)n(CCOc2ccccc2)n1)c1ccc(OC)cc1. The highest BCUT2D eigenvalue weighted by atomic mass is 16.5. The molecule has 0 saturated carbocycles. The number of nitrogens with one attached hydrogen (secondary N) is 1. The van der Waals surface area contributed by atoms with Crippen LogP contribution in [-0.4, -0.2) is 29.4 Å². The van der Waals surface area contributed by atoms with Gasteiger partial charge in [0.25, 0.3) is 11.5 Å². The smallest absolute Gasteiger partial charge is 0.272 e. The standard InChI is InChI=1S/C23H25N3O4/c1-3-20(17-9-11-18(29-2)12-10-17)24-23(28)21-13-14-22(27)26(25-21)15-16-30-19-7-5-4-6-8-19/h4-14,20H,3,15-16H2,1-2H3,(H,24,28). The normalized spacial score (nSPS) is 11.5. The Balaban J connectivity index is 1.66. The fraction of sp³-hybridized carbons (Fsp3) is 0.261. The maximum absolute atomic E-state index is 12.7. The molecule has 0 bridgehead atoms. The van der Waals surface area contributed by atoms with Crippen LogP contribution in [-0.2, 0) is 6.54 Å². The number of carbonyl (C=O) groups excluding carboxylic acids is 1. The molecule has 0 radical (unpaired) electrons. The second-order valence-corrected chi connectivity index (χ2v) is 6.65. The number of methoxy groups -OCH3 is 1. The fourth-order valence-electron chi connectivity index (χ4n) is 2.99. The van der Waals surface area contributed by atoms with Crippen molar-refractivity contribution >= 4 is 5.91 Å². The molecule has 0 spiro atoms. The van der Waals surface area contributed by atoms with E-state index < -0.39 is 0 Å². The van der Waals surface area contributed by atoms with Gasteiger partial charge in [0.2, 0.25) is 0 Å². The molecule has 1 aromatic heterocycles. The van der Waals surface area contributed by atoms with E-state index in [1.807, 2.05) is 61.5 Å². The molecule has 0 aliphatic heterocycles. The van der Waals surface area contributed by atoms with Crippen LogP contribution in [0, 0.1) is 0 Å². The second kappa shape index (κ2) is 10.2. The van der Waals surface area contributed by atoms with Gasteiger partial charge < -0.3 is 14.8 Å². The molecule has 7 heteroatoms. The quantitative estimate of drug-likeness (QED) is 0.589. The van der Waals surface area contributed by atoms with Gasteiger partial charge in [-0.15, -0.1) is 0 Å². The van der Waals surface area contributed by atoms with E-state index in [1.54, 1.807) is 7.11 Å². The number of ether oxygens (including phenoxy) is 2. The third-order valence-electron chi connectivity index (χ3n) is 4.65. The summed E-state index contributed by atoms with van der Waals surface area (Å²) in [6.45, 7) is 2.50. The first-order valence-corrected chi connectivity index (χ1v) is 9.81. The first-order chi connectivity index (χ1) is 14.6. The molecule has 1 N–H and O–H groups in total. The molecular weight excluding hydrogens is 382 g/mol. The number of para-hydroxylation sites is 1. The second-order valence-electron chi connectivity index (χ2n) is 6.65. The third kappa shape index (κ3) is 5.47. The molecule has 0 saturated heterocycles. The molecule has 0 aliphatic carbocycles. The lowest BCUT2D eigenvalue weighted by atomic mass is 10.0. The zero-order chi connectivity index (χ0) is 21.3. The number of amides is 1. The number of hydrogen-bond donors (Lipinski definition) is 1.